The maximum atomic E-state index is 15.6. The minimum atomic E-state index is -1.31. The van der Waals surface area contributed by atoms with Crippen molar-refractivity contribution in [1.29, 1.82) is 0 Å². The van der Waals surface area contributed by atoms with Gasteiger partial charge in [0, 0.05) is 25.6 Å². The predicted molar refractivity (Wildman–Crippen MR) is 135 cm³/mol. The number of anilines is 1. The molecule has 0 bridgehead atoms. The van der Waals surface area contributed by atoms with Gasteiger partial charge in [0.05, 0.1) is 23.4 Å². The normalized spacial score (nSPS) is 20.9. The number of carbonyl (C=O) groups is 2. The molecule has 37 heavy (non-hydrogen) atoms. The van der Waals surface area contributed by atoms with Crippen LogP contribution in [0.3, 0.4) is 0 Å². The van der Waals surface area contributed by atoms with Crippen LogP contribution in [0.1, 0.15) is 52.2 Å². The first-order valence-corrected chi connectivity index (χ1v) is 12.7. The van der Waals surface area contributed by atoms with Gasteiger partial charge in [-0.25, -0.2) is 14.0 Å². The van der Waals surface area contributed by atoms with Crippen molar-refractivity contribution in [2.24, 2.45) is 5.92 Å². The molecule has 192 valence electrons. The molecule has 0 unspecified atom stereocenters. The molecule has 3 aliphatic rings. The summed E-state index contributed by atoms with van der Waals surface area (Å²) in [6.07, 6.45) is 3.39. The lowest BCUT2D eigenvalue weighted by molar-refractivity contribution is 0.0694. The lowest BCUT2D eigenvalue weighted by atomic mass is 10.0. The number of halogens is 1. The average Bonchev–Trinajstić information content (AvgIpc) is 3.53. The largest absolute Gasteiger partial charge is 0.477 e. The number of carboxylic acid groups (broad SMARTS) is 1. The van der Waals surface area contributed by atoms with E-state index in [-0.39, 0.29) is 36.1 Å². The molecule has 6 rings (SSSR count). The highest BCUT2D eigenvalue weighted by molar-refractivity contribution is 5.89. The van der Waals surface area contributed by atoms with E-state index in [1.165, 1.54) is 6.07 Å². The summed E-state index contributed by atoms with van der Waals surface area (Å²) < 4.78 is 22.3. The minimum absolute atomic E-state index is 0.0854. The molecule has 8 nitrogen and oxygen atoms in total. The Balaban J connectivity index is 1.29. The fourth-order valence-corrected chi connectivity index (χ4v) is 6.06. The summed E-state index contributed by atoms with van der Waals surface area (Å²) in [7, 11) is 0. The van der Waals surface area contributed by atoms with E-state index in [0.29, 0.717) is 36.4 Å². The fourth-order valence-electron chi connectivity index (χ4n) is 6.06. The molecule has 0 spiro atoms. The summed E-state index contributed by atoms with van der Waals surface area (Å²) in [4.78, 5) is 41.2. The summed E-state index contributed by atoms with van der Waals surface area (Å²) in [6.45, 7) is 3.66. The Kier molecular flexibility index (Phi) is 5.66. The zero-order chi connectivity index (χ0) is 25.8. The van der Waals surface area contributed by atoms with Crippen molar-refractivity contribution in [1.82, 2.24) is 9.30 Å². The number of likely N-dealkylation sites (tertiary alicyclic amines) is 1. The van der Waals surface area contributed by atoms with Crippen LogP contribution in [0.15, 0.2) is 47.4 Å². The standard InChI is InChI=1S/C28H28FN3O5/c1-16-24-20(18-7-8-18)11-21(27(34)35)26(33)32(24)13-22(29)25(16)30-12-19-9-10-31(23(19)14-30)28(36)37-15-17-5-3-2-4-6-17/h2-6,11,13,18-19,23H,7-10,12,14-15H2,1H3,(H,34,35)/t19-,23+/m0/s1. The molecule has 3 fully saturated rings. The van der Waals surface area contributed by atoms with E-state index in [9.17, 15) is 19.5 Å². The monoisotopic (exact) mass is 505 g/mol. The van der Waals surface area contributed by atoms with Crippen LogP contribution in [-0.4, -0.2) is 52.1 Å². The van der Waals surface area contributed by atoms with Crippen LogP contribution >= 0.6 is 0 Å². The van der Waals surface area contributed by atoms with E-state index in [0.717, 1.165) is 41.0 Å². The van der Waals surface area contributed by atoms with Gasteiger partial charge in [0.15, 0.2) is 5.82 Å². The van der Waals surface area contributed by atoms with Crippen molar-refractivity contribution < 1.29 is 23.8 Å². The summed E-state index contributed by atoms with van der Waals surface area (Å²) in [6, 6.07) is 10.9. The highest BCUT2D eigenvalue weighted by Crippen LogP contribution is 2.44. The second-order valence-corrected chi connectivity index (χ2v) is 10.3. The number of carboxylic acids is 1. The van der Waals surface area contributed by atoms with Gasteiger partial charge in [0.25, 0.3) is 5.56 Å². The Morgan fingerprint density at radius 3 is 2.59 bits per heavy atom. The number of benzene rings is 1. The van der Waals surface area contributed by atoms with Crippen LogP contribution in [-0.2, 0) is 11.3 Å². The summed E-state index contributed by atoms with van der Waals surface area (Å²) >= 11 is 0. The van der Waals surface area contributed by atoms with Gasteiger partial charge in [0.1, 0.15) is 12.2 Å². The number of aryl methyl sites for hydroxylation is 1. The zero-order valence-corrected chi connectivity index (χ0v) is 20.5. The number of ether oxygens (including phenoxy) is 1. The number of aromatic nitrogens is 1. The third-order valence-electron chi connectivity index (χ3n) is 7.99. The average molecular weight is 506 g/mol. The number of pyridine rings is 2. The minimum Gasteiger partial charge on any atom is -0.477 e. The lowest BCUT2D eigenvalue weighted by Crippen LogP contribution is -2.40. The summed E-state index contributed by atoms with van der Waals surface area (Å²) in [5.74, 6) is -1.53. The van der Waals surface area contributed by atoms with E-state index < -0.39 is 17.3 Å². The molecule has 2 atom stereocenters. The van der Waals surface area contributed by atoms with Gasteiger partial charge in [-0.3, -0.25) is 9.20 Å². The molecule has 1 N–H and O–H groups in total. The number of hydrogen-bond donors (Lipinski definition) is 1. The van der Waals surface area contributed by atoms with Gasteiger partial charge in [-0.2, -0.15) is 0 Å². The van der Waals surface area contributed by atoms with Gasteiger partial charge < -0.3 is 19.6 Å². The Hall–Kier alpha value is -3.88. The summed E-state index contributed by atoms with van der Waals surface area (Å²) in [5, 5.41) is 9.52. The number of nitrogens with zero attached hydrogens (tertiary/aromatic N) is 3. The first kappa shape index (κ1) is 23.5. The van der Waals surface area contributed by atoms with Gasteiger partial charge in [-0.15, -0.1) is 0 Å². The first-order valence-electron chi connectivity index (χ1n) is 12.7. The van der Waals surface area contributed by atoms with Gasteiger partial charge in [-0.05, 0) is 54.9 Å². The molecule has 2 aromatic heterocycles. The Morgan fingerprint density at radius 1 is 1.14 bits per heavy atom. The molecular weight excluding hydrogens is 477 g/mol. The highest BCUT2D eigenvalue weighted by atomic mass is 19.1. The van der Waals surface area contributed by atoms with Crippen molar-refractivity contribution in [2.75, 3.05) is 24.5 Å². The molecule has 0 radical (unpaired) electrons. The quantitative estimate of drug-likeness (QED) is 0.560. The molecule has 9 heteroatoms. The molecule has 2 aliphatic heterocycles. The van der Waals surface area contributed by atoms with Crippen LogP contribution in [0, 0.1) is 18.7 Å². The summed E-state index contributed by atoms with van der Waals surface area (Å²) in [5.41, 5.74) is 2.25. The number of rotatable bonds is 5. The Bertz CT molecular complexity index is 1470. The predicted octanol–water partition coefficient (Wildman–Crippen LogP) is 4.17. The molecular formula is C28H28FN3O5. The van der Waals surface area contributed by atoms with E-state index in [1.54, 1.807) is 11.8 Å². The molecule has 4 heterocycles. The van der Waals surface area contributed by atoms with Crippen LogP contribution in [0.5, 0.6) is 0 Å². The maximum Gasteiger partial charge on any atom is 0.410 e. The maximum absolute atomic E-state index is 15.6. The third-order valence-corrected chi connectivity index (χ3v) is 7.99. The van der Waals surface area contributed by atoms with Crippen LogP contribution in [0.4, 0.5) is 14.9 Å². The number of fused-ring (bicyclic) bond motifs is 2. The number of hydrogen-bond acceptors (Lipinski definition) is 5. The number of amides is 1. The van der Waals surface area contributed by atoms with Gasteiger partial charge >= 0.3 is 12.1 Å². The van der Waals surface area contributed by atoms with Crippen molar-refractivity contribution in [3.05, 3.63) is 81.0 Å². The van der Waals surface area contributed by atoms with Crippen LogP contribution in [0.2, 0.25) is 0 Å². The molecule has 1 saturated carbocycles. The number of aromatic carboxylic acids is 1. The SMILES string of the molecule is Cc1c(N2C[C@@H]3CCN(C(=O)OCc4ccccc4)[C@@H]3C2)c(F)cn2c(=O)c(C(=O)O)cc(C3CC3)c12. The molecule has 1 aromatic carbocycles. The van der Waals surface area contributed by atoms with E-state index >= 15 is 4.39 Å². The van der Waals surface area contributed by atoms with Crippen molar-refractivity contribution in [3.8, 4) is 0 Å². The van der Waals surface area contributed by atoms with Gasteiger partial charge in [-0.1, -0.05) is 30.3 Å². The van der Waals surface area contributed by atoms with Crippen molar-refractivity contribution in [3.63, 3.8) is 0 Å². The molecule has 1 aliphatic carbocycles. The topological polar surface area (TPSA) is 91.6 Å². The first-order chi connectivity index (χ1) is 17.8. The second-order valence-electron chi connectivity index (χ2n) is 10.3. The Labute approximate surface area is 212 Å². The lowest BCUT2D eigenvalue weighted by Gasteiger charge is -2.27. The Morgan fingerprint density at radius 2 is 1.89 bits per heavy atom. The molecule has 1 amide bonds. The van der Waals surface area contributed by atoms with Crippen LogP contribution in [0.25, 0.3) is 5.52 Å². The van der Waals surface area contributed by atoms with Crippen molar-refractivity contribution >= 4 is 23.3 Å². The van der Waals surface area contributed by atoms with E-state index in [1.807, 2.05) is 35.2 Å². The second kappa shape index (κ2) is 8.90. The van der Waals surface area contributed by atoms with Crippen molar-refractivity contribution in [2.45, 2.75) is 44.8 Å². The van der Waals surface area contributed by atoms with E-state index in [4.69, 9.17) is 4.74 Å². The molecule has 2 saturated heterocycles. The zero-order valence-electron chi connectivity index (χ0n) is 20.5. The molecule has 3 aromatic rings. The highest BCUT2D eigenvalue weighted by Gasteiger charge is 2.45. The van der Waals surface area contributed by atoms with E-state index in [2.05, 4.69) is 0 Å². The third kappa shape index (κ3) is 4.02. The fraction of sp³-hybridized carbons (Fsp3) is 0.393. The number of carbonyl (C=O) groups excluding carboxylic acids is 1. The van der Waals surface area contributed by atoms with Gasteiger partial charge in [0.2, 0.25) is 0 Å². The smallest absolute Gasteiger partial charge is 0.410 e. The van der Waals surface area contributed by atoms with Crippen LogP contribution < -0.4 is 10.5 Å².